The van der Waals surface area contributed by atoms with Gasteiger partial charge in [0, 0.05) is 19.3 Å². The quantitative estimate of drug-likeness (QED) is 0.521. The van der Waals surface area contributed by atoms with Gasteiger partial charge in [-0.2, -0.15) is 0 Å². The number of hydrogen-bond acceptors (Lipinski definition) is 4. The number of carbonyl (C=O) groups excluding carboxylic acids is 1. The van der Waals surface area contributed by atoms with Gasteiger partial charge in [-0.05, 0) is 69.5 Å². The van der Waals surface area contributed by atoms with Crippen LogP contribution >= 0.6 is 0 Å². The second-order valence-corrected chi connectivity index (χ2v) is 8.20. The number of nitrogens with one attached hydrogen (secondary N) is 1. The zero-order valence-electron chi connectivity index (χ0n) is 17.4. The summed E-state index contributed by atoms with van der Waals surface area (Å²) in [5, 5.41) is 3.04. The lowest BCUT2D eigenvalue weighted by Gasteiger charge is -2.29. The molecule has 0 unspecified atom stereocenters. The average molecular weight is 389 g/mol. The summed E-state index contributed by atoms with van der Waals surface area (Å²) >= 11 is 0. The molecule has 28 heavy (non-hydrogen) atoms. The first-order valence-corrected chi connectivity index (χ1v) is 11.0. The van der Waals surface area contributed by atoms with Crippen LogP contribution in [-0.2, 0) is 9.53 Å². The first-order chi connectivity index (χ1) is 13.7. The Hall–Kier alpha value is -1.59. The molecule has 5 nitrogen and oxygen atoms in total. The SMILES string of the molecule is COC1(C(=O)Nc2ccc(OCCCN3CCCCC3)cc2)CCCCCC1. The minimum absolute atomic E-state index is 0.0212. The van der Waals surface area contributed by atoms with Gasteiger partial charge in [-0.3, -0.25) is 4.79 Å². The van der Waals surface area contributed by atoms with Gasteiger partial charge in [0.1, 0.15) is 11.4 Å². The van der Waals surface area contributed by atoms with Crippen LogP contribution in [0, 0.1) is 0 Å². The van der Waals surface area contributed by atoms with Crippen molar-refractivity contribution in [1.29, 1.82) is 0 Å². The predicted molar refractivity (Wildman–Crippen MR) is 113 cm³/mol. The Morgan fingerprint density at radius 3 is 2.29 bits per heavy atom. The lowest BCUT2D eigenvalue weighted by molar-refractivity contribution is -0.139. The Morgan fingerprint density at radius 1 is 1.00 bits per heavy atom. The maximum absolute atomic E-state index is 12.8. The van der Waals surface area contributed by atoms with E-state index in [1.54, 1.807) is 7.11 Å². The van der Waals surface area contributed by atoms with Crippen LogP contribution in [0.4, 0.5) is 5.69 Å². The molecule has 3 rings (SSSR count). The highest BCUT2D eigenvalue weighted by Crippen LogP contribution is 2.31. The fraction of sp³-hybridized carbons (Fsp3) is 0.696. The number of likely N-dealkylation sites (tertiary alicyclic amines) is 1. The van der Waals surface area contributed by atoms with Crippen LogP contribution in [0.15, 0.2) is 24.3 Å². The van der Waals surface area contributed by atoms with E-state index in [0.29, 0.717) is 0 Å². The molecular weight excluding hydrogens is 352 g/mol. The van der Waals surface area contributed by atoms with Crippen molar-refractivity contribution >= 4 is 11.6 Å². The fourth-order valence-corrected chi connectivity index (χ4v) is 4.36. The molecule has 2 fully saturated rings. The van der Waals surface area contributed by atoms with E-state index in [4.69, 9.17) is 9.47 Å². The van der Waals surface area contributed by atoms with Crippen LogP contribution in [0.2, 0.25) is 0 Å². The van der Waals surface area contributed by atoms with E-state index in [-0.39, 0.29) is 5.91 Å². The van der Waals surface area contributed by atoms with Crippen LogP contribution in [0.5, 0.6) is 5.75 Å². The first-order valence-electron chi connectivity index (χ1n) is 11.0. The van der Waals surface area contributed by atoms with E-state index in [1.165, 1.54) is 45.2 Å². The summed E-state index contributed by atoms with van der Waals surface area (Å²) in [6.45, 7) is 4.32. The number of methoxy groups -OCH3 is 1. The molecule has 1 heterocycles. The third-order valence-electron chi connectivity index (χ3n) is 6.16. The molecule has 1 saturated carbocycles. The second kappa shape index (κ2) is 10.8. The summed E-state index contributed by atoms with van der Waals surface area (Å²) in [6, 6.07) is 7.70. The number of piperidine rings is 1. The molecule has 1 aliphatic carbocycles. The molecule has 0 atom stereocenters. The van der Waals surface area contributed by atoms with E-state index >= 15 is 0 Å². The summed E-state index contributed by atoms with van der Waals surface area (Å²) in [4.78, 5) is 15.4. The van der Waals surface area contributed by atoms with Crippen LogP contribution in [0.25, 0.3) is 0 Å². The minimum atomic E-state index is -0.680. The number of anilines is 1. The van der Waals surface area contributed by atoms with Crippen molar-refractivity contribution < 1.29 is 14.3 Å². The lowest BCUT2D eigenvalue weighted by atomic mass is 9.93. The van der Waals surface area contributed by atoms with Crippen molar-refractivity contribution in [2.75, 3.05) is 38.7 Å². The molecule has 0 aromatic heterocycles. The normalized spacial score (nSPS) is 20.3. The van der Waals surface area contributed by atoms with E-state index < -0.39 is 5.60 Å². The molecule has 2 aliphatic rings. The number of benzene rings is 1. The van der Waals surface area contributed by atoms with Crippen molar-refractivity contribution in [3.05, 3.63) is 24.3 Å². The second-order valence-electron chi connectivity index (χ2n) is 8.20. The molecule has 0 spiro atoms. The largest absolute Gasteiger partial charge is 0.494 e. The number of hydrogen-bond donors (Lipinski definition) is 1. The molecule has 1 saturated heterocycles. The van der Waals surface area contributed by atoms with Gasteiger partial charge in [-0.15, -0.1) is 0 Å². The monoisotopic (exact) mass is 388 g/mol. The molecule has 1 N–H and O–H groups in total. The summed E-state index contributed by atoms with van der Waals surface area (Å²) in [6.07, 6.45) is 11.1. The van der Waals surface area contributed by atoms with E-state index in [0.717, 1.165) is 56.7 Å². The van der Waals surface area contributed by atoms with Gasteiger partial charge in [0.2, 0.25) is 0 Å². The molecule has 0 radical (unpaired) electrons. The van der Waals surface area contributed by atoms with Gasteiger partial charge in [-0.25, -0.2) is 0 Å². The Labute approximate surface area is 169 Å². The third-order valence-corrected chi connectivity index (χ3v) is 6.16. The molecule has 0 bridgehead atoms. The minimum Gasteiger partial charge on any atom is -0.494 e. The summed E-state index contributed by atoms with van der Waals surface area (Å²) < 4.78 is 11.6. The van der Waals surface area contributed by atoms with Crippen LogP contribution in [0.3, 0.4) is 0 Å². The first kappa shape index (κ1) is 21.1. The van der Waals surface area contributed by atoms with Gasteiger partial charge < -0.3 is 19.7 Å². The van der Waals surface area contributed by atoms with Crippen molar-refractivity contribution in [2.45, 2.75) is 69.8 Å². The molecule has 5 heteroatoms. The highest BCUT2D eigenvalue weighted by molar-refractivity contribution is 5.97. The van der Waals surface area contributed by atoms with Crippen molar-refractivity contribution in [3.63, 3.8) is 0 Å². The molecule has 1 aromatic carbocycles. The molecular formula is C23H36N2O3. The van der Waals surface area contributed by atoms with Gasteiger partial charge in [0.25, 0.3) is 5.91 Å². The van der Waals surface area contributed by atoms with E-state index in [1.807, 2.05) is 24.3 Å². The molecule has 1 aliphatic heterocycles. The van der Waals surface area contributed by atoms with Gasteiger partial charge in [-0.1, -0.05) is 32.1 Å². The van der Waals surface area contributed by atoms with Crippen molar-refractivity contribution in [3.8, 4) is 5.75 Å². The smallest absolute Gasteiger partial charge is 0.256 e. The maximum Gasteiger partial charge on any atom is 0.256 e. The fourth-order valence-electron chi connectivity index (χ4n) is 4.36. The topological polar surface area (TPSA) is 50.8 Å². The van der Waals surface area contributed by atoms with Gasteiger partial charge in [0.15, 0.2) is 0 Å². The Kier molecular flexibility index (Phi) is 8.16. The van der Waals surface area contributed by atoms with Crippen molar-refractivity contribution in [1.82, 2.24) is 4.90 Å². The zero-order chi connectivity index (χ0) is 19.7. The molecule has 1 aromatic rings. The van der Waals surface area contributed by atoms with Crippen LogP contribution in [-0.4, -0.2) is 49.8 Å². The number of ether oxygens (including phenoxy) is 2. The summed E-state index contributed by atoms with van der Waals surface area (Å²) in [7, 11) is 1.66. The van der Waals surface area contributed by atoms with Crippen LogP contribution in [0.1, 0.15) is 64.2 Å². The highest BCUT2D eigenvalue weighted by Gasteiger charge is 2.38. The average Bonchev–Trinajstić information content (AvgIpc) is 3.00. The van der Waals surface area contributed by atoms with Crippen LogP contribution < -0.4 is 10.1 Å². The molecule has 156 valence electrons. The summed E-state index contributed by atoms with van der Waals surface area (Å²) in [5.74, 6) is 0.833. The zero-order valence-corrected chi connectivity index (χ0v) is 17.4. The standard InChI is InChI=1S/C23H36N2O3/c1-27-23(14-5-2-3-6-15-23)22(26)24-20-10-12-21(13-11-20)28-19-9-18-25-16-7-4-8-17-25/h10-13H,2-9,14-19H2,1H3,(H,24,26). The molecule has 1 amide bonds. The number of carbonyl (C=O) groups is 1. The Balaban J connectivity index is 1.43. The highest BCUT2D eigenvalue weighted by atomic mass is 16.5. The van der Waals surface area contributed by atoms with Gasteiger partial charge in [0.05, 0.1) is 6.61 Å². The Morgan fingerprint density at radius 2 is 1.64 bits per heavy atom. The number of amides is 1. The van der Waals surface area contributed by atoms with Crippen molar-refractivity contribution in [2.24, 2.45) is 0 Å². The predicted octanol–water partition coefficient (Wildman–Crippen LogP) is 4.62. The van der Waals surface area contributed by atoms with E-state index in [9.17, 15) is 4.79 Å². The van der Waals surface area contributed by atoms with E-state index in [2.05, 4.69) is 10.2 Å². The number of nitrogens with zero attached hydrogens (tertiary/aromatic N) is 1. The number of rotatable bonds is 8. The van der Waals surface area contributed by atoms with Gasteiger partial charge >= 0.3 is 0 Å². The lowest BCUT2D eigenvalue weighted by Crippen LogP contribution is -2.44. The maximum atomic E-state index is 12.8. The Bertz CT molecular complexity index is 588. The third kappa shape index (κ3) is 5.95. The summed E-state index contributed by atoms with van der Waals surface area (Å²) in [5.41, 5.74) is 0.117.